The molecular formula is C10H9BrF4O. The molecule has 0 saturated heterocycles. The van der Waals surface area contributed by atoms with Gasteiger partial charge >= 0.3 is 12.3 Å². The van der Waals surface area contributed by atoms with Gasteiger partial charge in [0.1, 0.15) is 5.75 Å². The quantitative estimate of drug-likeness (QED) is 0.763. The summed E-state index contributed by atoms with van der Waals surface area (Å²) in [6, 6.07) is 4.73. The molecule has 0 unspecified atom stereocenters. The second kappa shape index (κ2) is 5.03. The van der Waals surface area contributed by atoms with Gasteiger partial charge in [0, 0.05) is 0 Å². The summed E-state index contributed by atoms with van der Waals surface area (Å²) in [5.74, 6) is -4.02. The molecular weight excluding hydrogens is 292 g/mol. The molecule has 0 spiro atoms. The standard InChI is InChI=1S/C10H9BrF4O/c1-6-2-3-8(7(11)4-6)16-5-10(14,15)9(12)13/h2-4,9H,5H2,1H3. The summed E-state index contributed by atoms with van der Waals surface area (Å²) in [6.45, 7) is 0.467. The van der Waals surface area contributed by atoms with Gasteiger partial charge in [0.15, 0.2) is 6.61 Å². The molecule has 90 valence electrons. The Hall–Kier alpha value is -0.780. The van der Waals surface area contributed by atoms with Crippen LogP contribution in [0, 0.1) is 6.92 Å². The highest BCUT2D eigenvalue weighted by Gasteiger charge is 2.41. The molecule has 1 nitrogen and oxygen atoms in total. The van der Waals surface area contributed by atoms with Gasteiger partial charge in [0.2, 0.25) is 0 Å². The Bertz CT molecular complexity index is 368. The number of hydrogen-bond donors (Lipinski definition) is 0. The fraction of sp³-hybridized carbons (Fsp3) is 0.400. The summed E-state index contributed by atoms with van der Waals surface area (Å²) in [5.41, 5.74) is 0.903. The lowest BCUT2D eigenvalue weighted by atomic mass is 10.2. The van der Waals surface area contributed by atoms with Crippen LogP contribution in [-0.4, -0.2) is 19.0 Å². The number of benzene rings is 1. The van der Waals surface area contributed by atoms with E-state index in [1.54, 1.807) is 12.1 Å². The number of hydrogen-bond acceptors (Lipinski definition) is 1. The fourth-order valence-electron chi connectivity index (χ4n) is 0.960. The van der Waals surface area contributed by atoms with Crippen molar-refractivity contribution in [3.63, 3.8) is 0 Å². The van der Waals surface area contributed by atoms with Crippen molar-refractivity contribution < 1.29 is 22.3 Å². The third-order valence-corrected chi connectivity index (χ3v) is 2.45. The maximum absolute atomic E-state index is 12.6. The minimum Gasteiger partial charge on any atom is -0.486 e. The van der Waals surface area contributed by atoms with Gasteiger partial charge in [-0.05, 0) is 40.5 Å². The molecule has 0 atom stereocenters. The Labute approximate surface area is 98.5 Å². The minimum atomic E-state index is -4.13. The highest BCUT2D eigenvalue weighted by atomic mass is 79.9. The van der Waals surface area contributed by atoms with E-state index >= 15 is 0 Å². The number of ether oxygens (including phenoxy) is 1. The zero-order chi connectivity index (χ0) is 12.3. The van der Waals surface area contributed by atoms with Gasteiger partial charge in [-0.1, -0.05) is 6.07 Å². The van der Waals surface area contributed by atoms with Crippen molar-refractivity contribution in [2.75, 3.05) is 6.61 Å². The average molecular weight is 301 g/mol. The maximum atomic E-state index is 12.6. The molecule has 6 heteroatoms. The molecule has 0 aliphatic carbocycles. The predicted molar refractivity (Wildman–Crippen MR) is 55.3 cm³/mol. The van der Waals surface area contributed by atoms with Gasteiger partial charge in [-0.2, -0.15) is 8.78 Å². The molecule has 16 heavy (non-hydrogen) atoms. The van der Waals surface area contributed by atoms with Gasteiger partial charge in [0.25, 0.3) is 0 Å². The van der Waals surface area contributed by atoms with E-state index in [4.69, 9.17) is 0 Å². The molecule has 1 rings (SSSR count). The van der Waals surface area contributed by atoms with Crippen molar-refractivity contribution in [1.29, 1.82) is 0 Å². The second-order valence-electron chi connectivity index (χ2n) is 3.28. The van der Waals surface area contributed by atoms with Gasteiger partial charge in [0.05, 0.1) is 4.47 Å². The van der Waals surface area contributed by atoms with Crippen LogP contribution in [0.3, 0.4) is 0 Å². The summed E-state index contributed by atoms with van der Waals surface area (Å²) in [7, 11) is 0. The maximum Gasteiger partial charge on any atom is 0.340 e. The van der Waals surface area contributed by atoms with Crippen LogP contribution in [0.4, 0.5) is 17.6 Å². The summed E-state index contributed by atoms with van der Waals surface area (Å²) in [4.78, 5) is 0. The zero-order valence-corrected chi connectivity index (χ0v) is 9.90. The Kier molecular flexibility index (Phi) is 4.18. The van der Waals surface area contributed by atoms with Crippen molar-refractivity contribution >= 4 is 15.9 Å². The molecule has 0 fully saturated rings. The van der Waals surface area contributed by atoms with E-state index in [0.717, 1.165) is 5.56 Å². The van der Waals surface area contributed by atoms with Crippen LogP contribution in [0.1, 0.15) is 5.56 Å². The third-order valence-electron chi connectivity index (χ3n) is 1.83. The smallest absolute Gasteiger partial charge is 0.340 e. The second-order valence-corrected chi connectivity index (χ2v) is 4.14. The van der Waals surface area contributed by atoms with Crippen LogP contribution in [0.2, 0.25) is 0 Å². The first-order valence-electron chi connectivity index (χ1n) is 4.38. The molecule has 1 aromatic rings. The molecule has 0 heterocycles. The van der Waals surface area contributed by atoms with Crippen LogP contribution in [0.15, 0.2) is 22.7 Å². The van der Waals surface area contributed by atoms with E-state index in [2.05, 4.69) is 20.7 Å². The average Bonchev–Trinajstić information content (AvgIpc) is 2.16. The van der Waals surface area contributed by atoms with Crippen LogP contribution in [0.25, 0.3) is 0 Å². The molecule has 0 bridgehead atoms. The molecule has 0 aliphatic rings. The Morgan fingerprint density at radius 3 is 2.50 bits per heavy atom. The summed E-state index contributed by atoms with van der Waals surface area (Å²) in [6.07, 6.45) is -3.73. The summed E-state index contributed by atoms with van der Waals surface area (Å²) < 4.78 is 53.9. The van der Waals surface area contributed by atoms with Crippen molar-refractivity contribution in [2.45, 2.75) is 19.3 Å². The number of aryl methyl sites for hydroxylation is 1. The van der Waals surface area contributed by atoms with Crippen LogP contribution in [0.5, 0.6) is 5.75 Å². The van der Waals surface area contributed by atoms with E-state index in [0.29, 0.717) is 4.47 Å². The molecule has 0 radical (unpaired) electrons. The number of alkyl halides is 4. The fourth-order valence-corrected chi connectivity index (χ4v) is 1.57. The SMILES string of the molecule is Cc1ccc(OCC(F)(F)C(F)F)c(Br)c1. The highest BCUT2D eigenvalue weighted by Crippen LogP contribution is 2.29. The van der Waals surface area contributed by atoms with E-state index in [9.17, 15) is 17.6 Å². The van der Waals surface area contributed by atoms with E-state index in [-0.39, 0.29) is 5.75 Å². The van der Waals surface area contributed by atoms with Crippen molar-refractivity contribution in [3.05, 3.63) is 28.2 Å². The van der Waals surface area contributed by atoms with Gasteiger partial charge < -0.3 is 4.74 Å². The van der Waals surface area contributed by atoms with E-state index in [1.807, 2.05) is 6.92 Å². The first-order valence-corrected chi connectivity index (χ1v) is 5.17. The zero-order valence-electron chi connectivity index (χ0n) is 8.31. The molecule has 0 N–H and O–H groups in total. The summed E-state index contributed by atoms with van der Waals surface area (Å²) in [5, 5.41) is 0. The van der Waals surface area contributed by atoms with Crippen LogP contribution in [-0.2, 0) is 0 Å². The largest absolute Gasteiger partial charge is 0.486 e. The van der Waals surface area contributed by atoms with Crippen LogP contribution < -0.4 is 4.74 Å². The lowest BCUT2D eigenvalue weighted by molar-refractivity contribution is -0.148. The van der Waals surface area contributed by atoms with Gasteiger partial charge in [-0.15, -0.1) is 0 Å². The normalized spacial score (nSPS) is 11.9. The predicted octanol–water partition coefficient (Wildman–Crippen LogP) is 4.04. The van der Waals surface area contributed by atoms with Crippen molar-refractivity contribution in [1.82, 2.24) is 0 Å². The van der Waals surface area contributed by atoms with Gasteiger partial charge in [-0.25, -0.2) is 8.78 Å². The lowest BCUT2D eigenvalue weighted by Gasteiger charge is -2.16. The van der Waals surface area contributed by atoms with Crippen molar-refractivity contribution in [2.24, 2.45) is 0 Å². The first kappa shape index (κ1) is 13.3. The summed E-state index contributed by atoms with van der Waals surface area (Å²) >= 11 is 3.09. The monoisotopic (exact) mass is 300 g/mol. The Morgan fingerprint density at radius 1 is 1.38 bits per heavy atom. The minimum absolute atomic E-state index is 0.117. The first-order chi connectivity index (χ1) is 7.33. The molecule has 0 aliphatic heterocycles. The molecule has 0 amide bonds. The molecule has 0 aromatic heterocycles. The highest BCUT2D eigenvalue weighted by molar-refractivity contribution is 9.10. The van der Waals surface area contributed by atoms with Gasteiger partial charge in [-0.3, -0.25) is 0 Å². The number of halogens is 5. The van der Waals surface area contributed by atoms with Crippen LogP contribution >= 0.6 is 15.9 Å². The third kappa shape index (κ3) is 3.37. The van der Waals surface area contributed by atoms with Crippen molar-refractivity contribution in [3.8, 4) is 5.75 Å². The molecule has 0 saturated carbocycles. The Balaban J connectivity index is 2.68. The number of rotatable bonds is 4. The molecule has 1 aromatic carbocycles. The van der Waals surface area contributed by atoms with E-state index in [1.165, 1.54) is 6.07 Å². The van der Waals surface area contributed by atoms with E-state index < -0.39 is 19.0 Å². The topological polar surface area (TPSA) is 9.23 Å². The Morgan fingerprint density at radius 2 is 2.00 bits per heavy atom. The lowest BCUT2D eigenvalue weighted by Crippen LogP contribution is -2.33.